The number of hydrogen-bond acceptors (Lipinski definition) is 3. The Labute approximate surface area is 201 Å². The van der Waals surface area contributed by atoms with E-state index in [1.54, 1.807) is 0 Å². The van der Waals surface area contributed by atoms with Gasteiger partial charge in [-0.05, 0) is 93.6 Å². The average Bonchev–Trinajstić information content (AvgIpc) is 3.23. The lowest BCUT2D eigenvalue weighted by atomic mass is 10.1. The number of rotatable bonds is 6. The van der Waals surface area contributed by atoms with Gasteiger partial charge in [0.1, 0.15) is 0 Å². The summed E-state index contributed by atoms with van der Waals surface area (Å²) in [5.41, 5.74) is 6.09. The quantitative estimate of drug-likeness (QED) is 0.497. The first-order valence-electron chi connectivity index (χ1n) is 11.8. The van der Waals surface area contributed by atoms with Gasteiger partial charge in [0.25, 0.3) is 5.56 Å². The summed E-state index contributed by atoms with van der Waals surface area (Å²) in [5, 5.41) is 5.16. The molecule has 2 heterocycles. The minimum absolute atomic E-state index is 0.0498. The van der Waals surface area contributed by atoms with E-state index in [1.165, 1.54) is 12.0 Å². The van der Waals surface area contributed by atoms with Gasteiger partial charge >= 0.3 is 0 Å². The van der Waals surface area contributed by atoms with Crippen LogP contribution in [0.2, 0.25) is 0 Å². The van der Waals surface area contributed by atoms with Crippen molar-refractivity contribution in [2.24, 2.45) is 0 Å². The molecule has 1 atom stereocenters. The fourth-order valence-electron chi connectivity index (χ4n) is 4.82. The van der Waals surface area contributed by atoms with Crippen molar-refractivity contribution in [2.45, 2.75) is 53.1 Å². The fraction of sp³-hybridized carbons (Fsp3) is 0.407. The van der Waals surface area contributed by atoms with Gasteiger partial charge < -0.3 is 15.2 Å². The molecule has 0 aliphatic carbocycles. The summed E-state index contributed by atoms with van der Waals surface area (Å²) in [6.45, 7) is 11.9. The van der Waals surface area contributed by atoms with Crippen molar-refractivity contribution in [1.82, 2.24) is 14.8 Å². The minimum atomic E-state index is -0.0498. The largest absolute Gasteiger partial charge is 0.343 e. The zero-order valence-electron chi connectivity index (χ0n) is 20.1. The Morgan fingerprint density at radius 1 is 1.15 bits per heavy atom. The van der Waals surface area contributed by atoms with E-state index < -0.39 is 0 Å². The highest BCUT2D eigenvalue weighted by atomic mass is 32.1. The molecule has 0 bridgehead atoms. The Kier molecular flexibility index (Phi) is 7.15. The van der Waals surface area contributed by atoms with Crippen molar-refractivity contribution < 1.29 is 0 Å². The normalized spacial score (nSPS) is 16.3. The van der Waals surface area contributed by atoms with Gasteiger partial charge in [-0.3, -0.25) is 9.69 Å². The lowest BCUT2D eigenvalue weighted by Crippen LogP contribution is -2.45. The van der Waals surface area contributed by atoms with Gasteiger partial charge in [-0.15, -0.1) is 0 Å². The first-order valence-corrected chi connectivity index (χ1v) is 12.2. The Morgan fingerprint density at radius 3 is 2.67 bits per heavy atom. The van der Waals surface area contributed by atoms with Crippen LogP contribution in [0.15, 0.2) is 47.3 Å². The molecule has 2 aromatic carbocycles. The number of hydrogen-bond donors (Lipinski definition) is 2. The van der Waals surface area contributed by atoms with Crippen LogP contribution in [0.3, 0.4) is 0 Å². The number of aryl methyl sites for hydroxylation is 3. The van der Waals surface area contributed by atoms with Crippen molar-refractivity contribution in [3.8, 4) is 0 Å². The molecule has 1 aliphatic heterocycles. The van der Waals surface area contributed by atoms with Gasteiger partial charge in [-0.2, -0.15) is 0 Å². The summed E-state index contributed by atoms with van der Waals surface area (Å²) in [4.78, 5) is 20.7. The molecular formula is C27H34N4OS. The van der Waals surface area contributed by atoms with E-state index in [0.29, 0.717) is 17.7 Å². The van der Waals surface area contributed by atoms with Crippen LogP contribution < -0.4 is 10.9 Å². The van der Waals surface area contributed by atoms with E-state index in [4.69, 9.17) is 12.2 Å². The van der Waals surface area contributed by atoms with E-state index in [0.717, 1.165) is 59.3 Å². The van der Waals surface area contributed by atoms with Crippen molar-refractivity contribution in [3.05, 3.63) is 75.1 Å². The van der Waals surface area contributed by atoms with Crippen LogP contribution in [-0.2, 0) is 6.54 Å². The Balaban J connectivity index is 1.62. The third-order valence-electron chi connectivity index (χ3n) is 6.69. The molecule has 174 valence electrons. The molecule has 0 spiro atoms. The molecule has 0 unspecified atom stereocenters. The van der Waals surface area contributed by atoms with Crippen LogP contribution in [-0.4, -0.2) is 45.6 Å². The van der Waals surface area contributed by atoms with Gasteiger partial charge in [-0.25, -0.2) is 0 Å². The SMILES string of the molecule is CCN1CCC[C@@H]1CN(Cc1cc2ccc(C)cc2[nH]c1=O)C(=S)Nc1ccc(C)cc1C. The molecule has 33 heavy (non-hydrogen) atoms. The average molecular weight is 463 g/mol. The number of thiocarbonyl (C=S) groups is 1. The first-order chi connectivity index (χ1) is 15.8. The van der Waals surface area contributed by atoms with Crippen LogP contribution in [0.4, 0.5) is 5.69 Å². The molecular weight excluding hydrogens is 428 g/mol. The summed E-state index contributed by atoms with van der Waals surface area (Å²) in [5.74, 6) is 0. The van der Waals surface area contributed by atoms with Crippen molar-refractivity contribution in [2.75, 3.05) is 25.0 Å². The number of fused-ring (bicyclic) bond motifs is 1. The highest BCUT2D eigenvalue weighted by Gasteiger charge is 2.27. The fourth-order valence-corrected chi connectivity index (χ4v) is 5.07. The topological polar surface area (TPSA) is 51.4 Å². The van der Waals surface area contributed by atoms with Crippen LogP contribution in [0.5, 0.6) is 0 Å². The molecule has 0 radical (unpaired) electrons. The van der Waals surface area contributed by atoms with Gasteiger partial charge in [0.15, 0.2) is 5.11 Å². The van der Waals surface area contributed by atoms with Crippen LogP contribution in [0.25, 0.3) is 10.9 Å². The van der Waals surface area contributed by atoms with Crippen molar-refractivity contribution >= 4 is 33.9 Å². The van der Waals surface area contributed by atoms with Gasteiger partial charge in [0.2, 0.25) is 0 Å². The molecule has 4 rings (SSSR count). The molecule has 2 N–H and O–H groups in total. The maximum absolute atomic E-state index is 13.0. The van der Waals surface area contributed by atoms with Crippen LogP contribution >= 0.6 is 12.2 Å². The predicted octanol–water partition coefficient (Wildman–Crippen LogP) is 5.14. The second-order valence-electron chi connectivity index (χ2n) is 9.27. The Bertz CT molecular complexity index is 1220. The summed E-state index contributed by atoms with van der Waals surface area (Å²) in [6, 6.07) is 14.9. The number of likely N-dealkylation sites (tertiary alicyclic amines) is 1. The Morgan fingerprint density at radius 2 is 1.91 bits per heavy atom. The molecule has 5 nitrogen and oxygen atoms in total. The number of benzene rings is 2. The smallest absolute Gasteiger partial charge is 0.253 e. The van der Waals surface area contributed by atoms with Gasteiger partial charge in [-0.1, -0.05) is 36.8 Å². The zero-order valence-corrected chi connectivity index (χ0v) is 20.9. The summed E-state index contributed by atoms with van der Waals surface area (Å²) in [6.07, 6.45) is 2.36. The van der Waals surface area contributed by atoms with Crippen molar-refractivity contribution in [3.63, 3.8) is 0 Å². The number of nitrogens with one attached hydrogen (secondary N) is 2. The highest BCUT2D eigenvalue weighted by molar-refractivity contribution is 7.80. The third-order valence-corrected chi connectivity index (χ3v) is 7.05. The van der Waals surface area contributed by atoms with E-state index in [9.17, 15) is 4.79 Å². The van der Waals surface area contributed by atoms with E-state index in [-0.39, 0.29) is 5.56 Å². The van der Waals surface area contributed by atoms with E-state index in [1.807, 2.05) is 19.1 Å². The maximum atomic E-state index is 13.0. The number of H-pyrrole nitrogens is 1. The first kappa shape index (κ1) is 23.5. The lowest BCUT2D eigenvalue weighted by Gasteiger charge is -2.32. The molecule has 1 aliphatic rings. The number of nitrogens with zero attached hydrogens (tertiary/aromatic N) is 2. The zero-order chi connectivity index (χ0) is 23.5. The van der Waals surface area contributed by atoms with Gasteiger partial charge in [0, 0.05) is 29.4 Å². The standard InChI is InChI=1S/C27H34N4OS/c1-5-30-12-6-7-23(30)17-31(27(33)29-24-11-9-18(2)13-20(24)4)16-22-15-21-10-8-19(3)14-25(21)28-26(22)32/h8-11,13-15,23H,5-7,12,16-17H2,1-4H3,(H,28,32)(H,29,33)/t23-/m1/s1. The van der Waals surface area contributed by atoms with Crippen LogP contribution in [0.1, 0.15) is 42.0 Å². The van der Waals surface area contributed by atoms with Gasteiger partial charge in [0.05, 0.1) is 6.54 Å². The van der Waals surface area contributed by atoms with Crippen LogP contribution in [0, 0.1) is 20.8 Å². The number of likely N-dealkylation sites (N-methyl/N-ethyl adjacent to an activating group) is 1. The maximum Gasteiger partial charge on any atom is 0.253 e. The number of aromatic amines is 1. The number of aromatic nitrogens is 1. The molecule has 6 heteroatoms. The van der Waals surface area contributed by atoms with E-state index in [2.05, 4.69) is 71.2 Å². The Hall–Kier alpha value is -2.70. The number of pyridine rings is 1. The second-order valence-corrected chi connectivity index (χ2v) is 9.65. The molecule has 1 saturated heterocycles. The van der Waals surface area contributed by atoms with Crippen molar-refractivity contribution in [1.29, 1.82) is 0 Å². The second kappa shape index (κ2) is 10.1. The molecule has 1 fully saturated rings. The number of anilines is 1. The summed E-state index contributed by atoms with van der Waals surface area (Å²) in [7, 11) is 0. The molecule has 0 amide bonds. The third kappa shape index (κ3) is 5.45. The van der Waals surface area contributed by atoms with E-state index >= 15 is 0 Å². The highest BCUT2D eigenvalue weighted by Crippen LogP contribution is 2.22. The molecule has 0 saturated carbocycles. The summed E-state index contributed by atoms with van der Waals surface area (Å²) < 4.78 is 0. The minimum Gasteiger partial charge on any atom is -0.343 e. The lowest BCUT2D eigenvalue weighted by molar-refractivity contribution is 0.221. The predicted molar refractivity (Wildman–Crippen MR) is 142 cm³/mol. The summed E-state index contributed by atoms with van der Waals surface area (Å²) >= 11 is 5.90. The molecule has 3 aromatic rings. The molecule has 1 aromatic heterocycles. The monoisotopic (exact) mass is 462 g/mol.